The highest BCUT2D eigenvalue weighted by Gasteiger charge is 2.20. The van der Waals surface area contributed by atoms with Crippen molar-refractivity contribution in [2.45, 2.75) is 25.8 Å². The zero-order valence-corrected chi connectivity index (χ0v) is 16.4. The van der Waals surface area contributed by atoms with Crippen LogP contribution in [-0.2, 0) is 9.53 Å². The summed E-state index contributed by atoms with van der Waals surface area (Å²) in [5, 5.41) is 3.24. The Kier molecular flexibility index (Phi) is 6.26. The van der Waals surface area contributed by atoms with Crippen molar-refractivity contribution in [3.63, 3.8) is 0 Å². The summed E-state index contributed by atoms with van der Waals surface area (Å²) in [6.45, 7) is 2.24. The third-order valence-electron chi connectivity index (χ3n) is 4.43. The molecule has 2 aromatic heterocycles. The number of benzene rings is 1. The van der Waals surface area contributed by atoms with Gasteiger partial charge < -0.3 is 10.1 Å². The number of nitrogens with zero attached hydrogens (tertiary/aromatic N) is 3. The van der Waals surface area contributed by atoms with E-state index in [1.165, 1.54) is 7.11 Å². The van der Waals surface area contributed by atoms with Gasteiger partial charge in [-0.05, 0) is 24.1 Å². The fourth-order valence-electron chi connectivity index (χ4n) is 3.09. The molecule has 28 heavy (non-hydrogen) atoms. The van der Waals surface area contributed by atoms with Gasteiger partial charge in [-0.2, -0.15) is 0 Å². The third kappa shape index (κ3) is 4.14. The number of hydrogen-bond donors (Lipinski definition) is 1. The van der Waals surface area contributed by atoms with Gasteiger partial charge in [-0.25, -0.2) is 9.97 Å². The van der Waals surface area contributed by atoms with Gasteiger partial charge >= 0.3 is 5.97 Å². The number of aromatic nitrogens is 3. The molecular weight excluding hydrogens is 380 g/mol. The number of ether oxygens (including phenoxy) is 1. The molecular formula is C20H21ClN4O3. The first-order valence-corrected chi connectivity index (χ1v) is 9.37. The van der Waals surface area contributed by atoms with Gasteiger partial charge in [-0.15, -0.1) is 0 Å². The van der Waals surface area contributed by atoms with E-state index in [-0.39, 0.29) is 41.5 Å². The maximum absolute atomic E-state index is 13.3. The van der Waals surface area contributed by atoms with Crippen molar-refractivity contribution in [3.05, 3.63) is 63.5 Å². The Balaban J connectivity index is 2.12. The highest BCUT2D eigenvalue weighted by Crippen LogP contribution is 2.25. The first kappa shape index (κ1) is 19.8. The molecule has 146 valence electrons. The summed E-state index contributed by atoms with van der Waals surface area (Å²) in [6, 6.07) is 12.9. The van der Waals surface area contributed by atoms with E-state index in [9.17, 15) is 9.59 Å². The number of nitrogens with one attached hydrogen (secondary N) is 1. The molecule has 7 nitrogen and oxygen atoms in total. The number of anilines is 1. The molecule has 0 bridgehead atoms. The van der Waals surface area contributed by atoms with Crippen LogP contribution in [0.4, 0.5) is 5.82 Å². The lowest BCUT2D eigenvalue weighted by molar-refractivity contribution is -0.140. The summed E-state index contributed by atoms with van der Waals surface area (Å²) in [7, 11) is 1.32. The van der Waals surface area contributed by atoms with Crippen LogP contribution in [0.5, 0.6) is 0 Å². The molecule has 1 aromatic carbocycles. The first-order valence-electron chi connectivity index (χ1n) is 8.99. The zero-order chi connectivity index (χ0) is 20.1. The Morgan fingerprint density at radius 2 is 1.96 bits per heavy atom. The van der Waals surface area contributed by atoms with Gasteiger partial charge in [0.15, 0.2) is 11.5 Å². The predicted molar refractivity (Wildman–Crippen MR) is 109 cm³/mol. The number of carbonyl (C=O) groups excluding carboxylic acids is 1. The monoisotopic (exact) mass is 400 g/mol. The van der Waals surface area contributed by atoms with Crippen molar-refractivity contribution in [2.75, 3.05) is 19.0 Å². The van der Waals surface area contributed by atoms with Crippen LogP contribution in [0.25, 0.3) is 11.2 Å². The standard InChI is InChI=1S/C20H21ClN4O3/c1-3-15(13-7-5-4-6-8-13)25-19-14(9-10-16(21)24-19)23-18(20(25)27)22-12-11-17(26)28-2/h4-10,15H,3,11-12H2,1-2H3,(H,22,23)/t15-/m0/s1. The molecule has 8 heteroatoms. The maximum Gasteiger partial charge on any atom is 0.307 e. The minimum Gasteiger partial charge on any atom is -0.469 e. The highest BCUT2D eigenvalue weighted by molar-refractivity contribution is 6.29. The molecule has 0 unspecified atom stereocenters. The second-order valence-electron chi connectivity index (χ2n) is 6.20. The van der Waals surface area contributed by atoms with E-state index in [0.29, 0.717) is 17.6 Å². The number of pyridine rings is 1. The predicted octanol–water partition coefficient (Wildman–Crippen LogP) is 3.42. The molecule has 3 aromatic rings. The molecule has 1 atom stereocenters. The average molecular weight is 401 g/mol. The Bertz CT molecular complexity index is 1040. The summed E-state index contributed by atoms with van der Waals surface area (Å²) in [6.07, 6.45) is 0.809. The number of rotatable bonds is 7. The van der Waals surface area contributed by atoms with Crippen molar-refractivity contribution >= 4 is 34.6 Å². The number of fused-ring (bicyclic) bond motifs is 1. The normalized spacial score (nSPS) is 12.0. The topological polar surface area (TPSA) is 86.1 Å². The molecule has 0 aliphatic rings. The molecule has 0 aliphatic carbocycles. The summed E-state index contributed by atoms with van der Waals surface area (Å²) in [5.41, 5.74) is 1.63. The van der Waals surface area contributed by atoms with Gasteiger partial charge in [-0.1, -0.05) is 48.9 Å². The smallest absolute Gasteiger partial charge is 0.307 e. The fraction of sp³-hybridized carbons (Fsp3) is 0.300. The minimum atomic E-state index is -0.363. The lowest BCUT2D eigenvalue weighted by Gasteiger charge is -2.21. The Hall–Kier alpha value is -2.93. The molecule has 0 aliphatic heterocycles. The molecule has 0 saturated heterocycles. The minimum absolute atomic E-state index is 0.129. The van der Waals surface area contributed by atoms with Crippen LogP contribution in [-0.4, -0.2) is 34.2 Å². The van der Waals surface area contributed by atoms with Gasteiger partial charge in [0, 0.05) is 6.54 Å². The van der Waals surface area contributed by atoms with Crippen LogP contribution >= 0.6 is 11.6 Å². The molecule has 0 amide bonds. The van der Waals surface area contributed by atoms with Crippen molar-refractivity contribution in [1.29, 1.82) is 0 Å². The molecule has 0 saturated carbocycles. The summed E-state index contributed by atoms with van der Waals surface area (Å²) >= 11 is 6.09. The summed E-state index contributed by atoms with van der Waals surface area (Å²) in [5.74, 6) is -0.201. The fourth-order valence-corrected chi connectivity index (χ4v) is 3.24. The molecule has 1 N–H and O–H groups in total. The maximum atomic E-state index is 13.3. The van der Waals surface area contributed by atoms with Gasteiger partial charge in [0.2, 0.25) is 0 Å². The third-order valence-corrected chi connectivity index (χ3v) is 4.64. The molecule has 0 radical (unpaired) electrons. The lowest BCUT2D eigenvalue weighted by Crippen LogP contribution is -2.30. The number of halogens is 1. The highest BCUT2D eigenvalue weighted by atomic mass is 35.5. The first-order chi connectivity index (χ1) is 13.5. The SMILES string of the molecule is CC[C@@H](c1ccccc1)n1c(=O)c(NCCC(=O)OC)nc2ccc(Cl)nc21. The van der Waals surface area contributed by atoms with E-state index in [4.69, 9.17) is 11.6 Å². The van der Waals surface area contributed by atoms with Crippen molar-refractivity contribution in [1.82, 2.24) is 14.5 Å². The number of hydrogen-bond acceptors (Lipinski definition) is 6. The molecule has 0 fully saturated rings. The summed E-state index contributed by atoms with van der Waals surface area (Å²) < 4.78 is 6.25. The zero-order valence-electron chi connectivity index (χ0n) is 15.7. The average Bonchev–Trinajstić information content (AvgIpc) is 2.71. The lowest BCUT2D eigenvalue weighted by atomic mass is 10.0. The van der Waals surface area contributed by atoms with Crippen LogP contribution in [0, 0.1) is 0 Å². The van der Waals surface area contributed by atoms with E-state index in [1.807, 2.05) is 37.3 Å². The van der Waals surface area contributed by atoms with Crippen molar-refractivity contribution in [3.8, 4) is 0 Å². The largest absolute Gasteiger partial charge is 0.469 e. The van der Waals surface area contributed by atoms with Crippen LogP contribution in [0.1, 0.15) is 31.4 Å². The van der Waals surface area contributed by atoms with Crippen molar-refractivity contribution < 1.29 is 9.53 Å². The van der Waals surface area contributed by atoms with Gasteiger partial charge in [0.25, 0.3) is 5.56 Å². The number of esters is 1. The Morgan fingerprint density at radius 1 is 1.21 bits per heavy atom. The van der Waals surface area contributed by atoms with Crippen LogP contribution in [0.3, 0.4) is 0 Å². The van der Waals surface area contributed by atoms with E-state index in [1.54, 1.807) is 16.7 Å². The Labute approximate surface area is 167 Å². The molecule has 0 spiro atoms. The van der Waals surface area contributed by atoms with Gasteiger partial charge in [0.05, 0.1) is 19.6 Å². The summed E-state index contributed by atoms with van der Waals surface area (Å²) in [4.78, 5) is 33.4. The van der Waals surface area contributed by atoms with E-state index in [2.05, 4.69) is 20.0 Å². The van der Waals surface area contributed by atoms with E-state index in [0.717, 1.165) is 5.56 Å². The van der Waals surface area contributed by atoms with Crippen molar-refractivity contribution in [2.24, 2.45) is 0 Å². The van der Waals surface area contributed by atoms with Gasteiger partial charge in [-0.3, -0.25) is 14.2 Å². The van der Waals surface area contributed by atoms with E-state index < -0.39 is 0 Å². The van der Waals surface area contributed by atoms with Gasteiger partial charge in [0.1, 0.15) is 10.7 Å². The molecule has 2 heterocycles. The molecule has 3 rings (SSSR count). The van der Waals surface area contributed by atoms with Crippen LogP contribution in [0.15, 0.2) is 47.3 Å². The second-order valence-corrected chi connectivity index (χ2v) is 6.59. The quantitative estimate of drug-likeness (QED) is 0.483. The second kappa shape index (κ2) is 8.84. The number of carbonyl (C=O) groups is 1. The number of methoxy groups -OCH3 is 1. The van der Waals surface area contributed by atoms with E-state index >= 15 is 0 Å². The Morgan fingerprint density at radius 3 is 2.64 bits per heavy atom. The van der Waals surface area contributed by atoms with Crippen LogP contribution < -0.4 is 10.9 Å². The van der Waals surface area contributed by atoms with Crippen LogP contribution in [0.2, 0.25) is 5.15 Å².